The molecular weight excluding hydrogens is 353 g/mol. The van der Waals surface area contributed by atoms with E-state index in [9.17, 15) is 8.60 Å². The minimum absolute atomic E-state index is 0.237. The molecule has 0 saturated heterocycles. The quantitative estimate of drug-likeness (QED) is 0.705. The first-order valence-corrected chi connectivity index (χ1v) is 8.94. The van der Waals surface area contributed by atoms with Crippen molar-refractivity contribution in [3.63, 3.8) is 0 Å². The molecule has 0 fully saturated rings. The molecule has 0 heterocycles. The Bertz CT molecular complexity index is 656. The first-order valence-electron chi connectivity index (χ1n) is 7.79. The maximum Gasteiger partial charge on any atom is 0.293 e. The summed E-state index contributed by atoms with van der Waals surface area (Å²) in [6.07, 6.45) is -0.237. The molecule has 1 aromatic rings. The molecule has 0 aliphatic rings. The van der Waals surface area contributed by atoms with Crippen molar-refractivity contribution >= 4 is 11.0 Å². The van der Waals surface area contributed by atoms with E-state index in [0.29, 0.717) is 0 Å². The van der Waals surface area contributed by atoms with Crippen molar-refractivity contribution in [2.45, 2.75) is 50.3 Å². The number of nitrogens with zero attached hydrogens (tertiary/aromatic N) is 1. The third-order valence-corrected chi connectivity index (χ3v) is 5.41. The van der Waals surface area contributed by atoms with E-state index in [4.69, 9.17) is 10.00 Å². The Balaban J connectivity index is 3.46. The normalized spacial score (nSPS) is 16.1. The fourth-order valence-corrected chi connectivity index (χ4v) is 3.34. The molecule has 0 aromatic heterocycles. The molecule has 0 radical (unpaired) electrons. The van der Waals surface area contributed by atoms with Crippen LogP contribution in [0.25, 0.3) is 0 Å². The summed E-state index contributed by atoms with van der Waals surface area (Å²) in [4.78, 5) is 0. The number of rotatable bonds is 8. The molecule has 25 heavy (non-hydrogen) atoms. The number of hydrogen-bond acceptors (Lipinski definition) is 3. The van der Waals surface area contributed by atoms with Crippen LogP contribution in [0.2, 0.25) is 0 Å². The van der Waals surface area contributed by atoms with Gasteiger partial charge in [-0.25, -0.2) is 22.1 Å². The van der Waals surface area contributed by atoms with Crippen LogP contribution < -0.4 is 4.72 Å². The molecule has 0 unspecified atom stereocenters. The molecule has 1 N–H and O–H groups in total. The Morgan fingerprint density at radius 2 is 1.88 bits per heavy atom. The van der Waals surface area contributed by atoms with Gasteiger partial charge in [0.25, 0.3) is 5.92 Å². The summed E-state index contributed by atoms with van der Waals surface area (Å²) in [5.74, 6) is -4.44. The highest BCUT2D eigenvalue weighted by Crippen LogP contribution is 2.42. The van der Waals surface area contributed by atoms with Crippen molar-refractivity contribution in [2.24, 2.45) is 0 Å². The van der Waals surface area contributed by atoms with Crippen molar-refractivity contribution < 1.29 is 22.1 Å². The van der Waals surface area contributed by atoms with Gasteiger partial charge in [0, 0.05) is 5.56 Å². The summed E-state index contributed by atoms with van der Waals surface area (Å²) < 4.78 is 63.4. The van der Waals surface area contributed by atoms with E-state index in [0.717, 1.165) is 6.07 Å². The van der Waals surface area contributed by atoms with Gasteiger partial charge in [0.1, 0.15) is 24.6 Å². The zero-order chi connectivity index (χ0) is 19.3. The molecule has 0 amide bonds. The van der Waals surface area contributed by atoms with Crippen LogP contribution in [0.4, 0.5) is 13.2 Å². The third kappa shape index (κ3) is 4.81. The second-order valence-electron chi connectivity index (χ2n) is 6.58. The Morgan fingerprint density at radius 3 is 2.36 bits per heavy atom. The number of nitrogens with one attached hydrogen (secondary N) is 1. The zero-order valence-corrected chi connectivity index (χ0v) is 15.6. The van der Waals surface area contributed by atoms with Gasteiger partial charge in [0.2, 0.25) is 0 Å². The van der Waals surface area contributed by atoms with E-state index < -0.39 is 46.2 Å². The van der Waals surface area contributed by atoms with Crippen LogP contribution in [0.1, 0.15) is 39.7 Å². The fraction of sp³-hybridized carbons (Fsp3) is 0.588. The van der Waals surface area contributed by atoms with Crippen LogP contribution >= 0.6 is 0 Å². The molecule has 0 spiro atoms. The fourth-order valence-electron chi connectivity index (χ4n) is 2.31. The average molecular weight is 376 g/mol. The van der Waals surface area contributed by atoms with Crippen LogP contribution in [0, 0.1) is 17.1 Å². The minimum atomic E-state index is -3.61. The number of nitriles is 1. The van der Waals surface area contributed by atoms with Crippen molar-refractivity contribution in [3.8, 4) is 6.07 Å². The summed E-state index contributed by atoms with van der Waals surface area (Å²) in [5, 5.41) is 8.49. The monoisotopic (exact) mass is 376 g/mol. The highest BCUT2D eigenvalue weighted by molar-refractivity contribution is 7.84. The summed E-state index contributed by atoms with van der Waals surface area (Å²) in [7, 11) is -1.89. The lowest BCUT2D eigenvalue weighted by Crippen LogP contribution is -2.60. The number of alkyl halides is 2. The predicted octanol–water partition coefficient (Wildman–Crippen LogP) is 3.66. The van der Waals surface area contributed by atoms with Crippen LogP contribution in [0.5, 0.6) is 0 Å². The van der Waals surface area contributed by atoms with E-state index in [2.05, 4.69) is 4.72 Å². The van der Waals surface area contributed by atoms with E-state index in [-0.39, 0.29) is 12.0 Å². The standard InChI is InChI=1S/C17H23F3N2O2S/c1-5-16(22-25(23)15(2,3)4,13-8-6-7-9-14(13)18)17(19,20)12-24-11-10-21/h6-9,22H,5,11-12H2,1-4H3/t16-,25-/m1/s1. The number of ether oxygens (including phenoxy) is 1. The van der Waals surface area contributed by atoms with Gasteiger partial charge in [-0.05, 0) is 33.3 Å². The van der Waals surface area contributed by atoms with E-state index in [1.165, 1.54) is 25.1 Å². The van der Waals surface area contributed by atoms with E-state index >= 15 is 8.78 Å². The Morgan fingerprint density at radius 1 is 1.28 bits per heavy atom. The third-order valence-electron chi connectivity index (χ3n) is 3.76. The molecule has 1 rings (SSSR count). The molecule has 2 atom stereocenters. The second-order valence-corrected chi connectivity index (χ2v) is 8.54. The highest BCUT2D eigenvalue weighted by atomic mass is 32.2. The lowest BCUT2D eigenvalue weighted by Gasteiger charge is -2.41. The van der Waals surface area contributed by atoms with Crippen LogP contribution in [-0.2, 0) is 21.3 Å². The molecule has 8 heteroatoms. The van der Waals surface area contributed by atoms with Crippen LogP contribution in [-0.4, -0.2) is 28.1 Å². The van der Waals surface area contributed by atoms with Crippen molar-refractivity contribution in [3.05, 3.63) is 35.6 Å². The van der Waals surface area contributed by atoms with Gasteiger partial charge in [-0.3, -0.25) is 0 Å². The lowest BCUT2D eigenvalue weighted by molar-refractivity contribution is -0.135. The number of benzene rings is 1. The number of hydrogen-bond donors (Lipinski definition) is 1. The smallest absolute Gasteiger partial charge is 0.293 e. The van der Waals surface area contributed by atoms with Crippen LogP contribution in [0.15, 0.2) is 24.3 Å². The van der Waals surface area contributed by atoms with Crippen molar-refractivity contribution in [1.29, 1.82) is 5.26 Å². The molecule has 0 aliphatic carbocycles. The zero-order valence-electron chi connectivity index (χ0n) is 14.7. The highest BCUT2D eigenvalue weighted by Gasteiger charge is 2.56. The molecule has 0 bridgehead atoms. The number of halogens is 3. The maximum absolute atomic E-state index is 15.1. The topological polar surface area (TPSA) is 62.1 Å². The van der Waals surface area contributed by atoms with Gasteiger partial charge in [-0.1, -0.05) is 25.1 Å². The van der Waals surface area contributed by atoms with Gasteiger partial charge >= 0.3 is 0 Å². The maximum atomic E-state index is 15.1. The average Bonchev–Trinajstić information content (AvgIpc) is 2.52. The molecule has 140 valence electrons. The van der Waals surface area contributed by atoms with E-state index in [1.807, 2.05) is 0 Å². The van der Waals surface area contributed by atoms with E-state index in [1.54, 1.807) is 26.8 Å². The molecule has 1 aromatic carbocycles. The van der Waals surface area contributed by atoms with Crippen molar-refractivity contribution in [2.75, 3.05) is 13.2 Å². The SMILES string of the molecule is CC[C@@](N[S@](=O)C(C)(C)C)(c1ccccc1F)C(F)(F)COCC#N. The Hall–Kier alpha value is -1.43. The van der Waals surface area contributed by atoms with Gasteiger partial charge in [-0.15, -0.1) is 0 Å². The molecular formula is C17H23F3N2O2S. The van der Waals surface area contributed by atoms with Gasteiger partial charge < -0.3 is 4.74 Å². The molecule has 0 saturated carbocycles. The summed E-state index contributed by atoms with van der Waals surface area (Å²) in [6, 6.07) is 6.77. The first kappa shape index (κ1) is 21.6. The lowest BCUT2D eigenvalue weighted by atomic mass is 9.82. The predicted molar refractivity (Wildman–Crippen MR) is 90.8 cm³/mol. The summed E-state index contributed by atoms with van der Waals surface area (Å²) in [6.45, 7) is 4.72. The second kappa shape index (κ2) is 8.30. The Kier molecular flexibility index (Phi) is 7.18. The van der Waals surface area contributed by atoms with Gasteiger partial charge in [0.15, 0.2) is 0 Å². The van der Waals surface area contributed by atoms with Crippen LogP contribution in [0.3, 0.4) is 0 Å². The summed E-state index contributed by atoms with van der Waals surface area (Å²) >= 11 is 0. The van der Waals surface area contributed by atoms with Gasteiger partial charge in [-0.2, -0.15) is 5.26 Å². The molecule has 4 nitrogen and oxygen atoms in total. The Labute approximate surface area is 149 Å². The minimum Gasteiger partial charge on any atom is -0.360 e. The molecule has 0 aliphatic heterocycles. The summed E-state index contributed by atoms with van der Waals surface area (Å²) in [5.41, 5.74) is -2.54. The van der Waals surface area contributed by atoms with Crippen molar-refractivity contribution in [1.82, 2.24) is 4.72 Å². The van der Waals surface area contributed by atoms with Gasteiger partial charge in [0.05, 0.1) is 21.8 Å². The largest absolute Gasteiger partial charge is 0.360 e. The first-order chi connectivity index (χ1) is 11.5.